The summed E-state index contributed by atoms with van der Waals surface area (Å²) in [6.45, 7) is 0.686. The number of hydrogen-bond donors (Lipinski definition) is 0. The molecule has 0 fully saturated rings. The van der Waals surface area contributed by atoms with Crippen molar-refractivity contribution in [2.45, 2.75) is 12.8 Å². The van der Waals surface area contributed by atoms with Gasteiger partial charge >= 0.3 is 0 Å². The molecule has 1 aliphatic rings. The monoisotopic (exact) mass is 311 g/mol. The molecule has 0 saturated carbocycles. The van der Waals surface area contributed by atoms with Crippen LogP contribution in [0.25, 0.3) is 10.1 Å². The summed E-state index contributed by atoms with van der Waals surface area (Å²) in [6.07, 6.45) is 1.69. The van der Waals surface area contributed by atoms with Gasteiger partial charge in [0.15, 0.2) is 0 Å². The number of fused-ring (bicyclic) bond motifs is 2. The minimum atomic E-state index is -0.241. The van der Waals surface area contributed by atoms with Gasteiger partial charge in [-0.3, -0.25) is 4.79 Å². The Morgan fingerprint density at radius 2 is 2.00 bits per heavy atom. The highest BCUT2D eigenvalue weighted by Gasteiger charge is 2.25. The third-order valence-corrected chi connectivity index (χ3v) is 5.15. The van der Waals surface area contributed by atoms with Gasteiger partial charge < -0.3 is 4.90 Å². The van der Waals surface area contributed by atoms with Crippen LogP contribution in [0.2, 0.25) is 0 Å². The van der Waals surface area contributed by atoms with E-state index in [0.717, 1.165) is 39.1 Å². The highest BCUT2D eigenvalue weighted by Crippen LogP contribution is 2.32. The second kappa shape index (κ2) is 5.21. The van der Waals surface area contributed by atoms with Crippen LogP contribution in [0.4, 0.5) is 10.1 Å². The molecule has 110 valence electrons. The minimum absolute atomic E-state index is 0.00811. The van der Waals surface area contributed by atoms with Crippen molar-refractivity contribution in [1.82, 2.24) is 0 Å². The lowest BCUT2D eigenvalue weighted by Gasteiger charge is -2.29. The Morgan fingerprint density at radius 1 is 1.14 bits per heavy atom. The van der Waals surface area contributed by atoms with Gasteiger partial charge in [-0.15, -0.1) is 11.3 Å². The highest BCUT2D eigenvalue weighted by atomic mass is 32.1. The van der Waals surface area contributed by atoms with E-state index in [0.29, 0.717) is 6.54 Å². The lowest BCUT2D eigenvalue weighted by atomic mass is 10.0. The number of carbonyl (C=O) groups is 1. The van der Waals surface area contributed by atoms with Gasteiger partial charge in [0.05, 0.1) is 4.88 Å². The van der Waals surface area contributed by atoms with Gasteiger partial charge in [-0.05, 0) is 54.1 Å². The number of anilines is 1. The molecule has 0 aliphatic carbocycles. The Bertz CT molecular complexity index is 837. The Labute approximate surface area is 131 Å². The lowest BCUT2D eigenvalue weighted by Crippen LogP contribution is -2.35. The van der Waals surface area contributed by atoms with E-state index in [9.17, 15) is 9.18 Å². The number of nitrogens with zero attached hydrogens (tertiary/aromatic N) is 1. The molecule has 4 heteroatoms. The van der Waals surface area contributed by atoms with E-state index in [4.69, 9.17) is 0 Å². The van der Waals surface area contributed by atoms with Gasteiger partial charge in [0, 0.05) is 16.9 Å². The molecule has 0 N–H and O–H groups in total. The van der Waals surface area contributed by atoms with E-state index in [1.807, 2.05) is 30.3 Å². The fourth-order valence-corrected chi connectivity index (χ4v) is 4.01. The maximum Gasteiger partial charge on any atom is 0.268 e. The first-order valence-electron chi connectivity index (χ1n) is 7.31. The molecule has 0 saturated heterocycles. The molecular weight excluding hydrogens is 297 g/mol. The number of thiophene rings is 1. The first-order chi connectivity index (χ1) is 10.7. The fourth-order valence-electron chi connectivity index (χ4n) is 3.00. The van der Waals surface area contributed by atoms with E-state index in [-0.39, 0.29) is 11.7 Å². The molecule has 2 nitrogen and oxygen atoms in total. The summed E-state index contributed by atoms with van der Waals surface area (Å²) in [5, 5.41) is 1.09. The smallest absolute Gasteiger partial charge is 0.268 e. The molecule has 2 aromatic carbocycles. The van der Waals surface area contributed by atoms with Crippen molar-refractivity contribution < 1.29 is 9.18 Å². The summed E-state index contributed by atoms with van der Waals surface area (Å²) in [5.74, 6) is -0.233. The molecule has 0 spiro atoms. The third kappa shape index (κ3) is 2.20. The number of benzene rings is 2. The van der Waals surface area contributed by atoms with Gasteiger partial charge in [0.25, 0.3) is 5.91 Å². The molecule has 1 aliphatic heterocycles. The molecule has 0 bridgehead atoms. The van der Waals surface area contributed by atoms with Gasteiger partial charge in [-0.25, -0.2) is 4.39 Å². The Hall–Kier alpha value is -2.20. The first-order valence-corrected chi connectivity index (χ1v) is 8.13. The summed E-state index contributed by atoms with van der Waals surface area (Å²) in [5.41, 5.74) is 1.76. The van der Waals surface area contributed by atoms with Crippen LogP contribution in [-0.4, -0.2) is 12.5 Å². The van der Waals surface area contributed by atoms with Crippen molar-refractivity contribution in [2.75, 3.05) is 11.4 Å². The summed E-state index contributed by atoms with van der Waals surface area (Å²) < 4.78 is 14.5. The molecule has 22 heavy (non-hydrogen) atoms. The largest absolute Gasteiger partial charge is 0.307 e. The second-order valence-electron chi connectivity index (χ2n) is 5.48. The van der Waals surface area contributed by atoms with Gasteiger partial charge in [0.2, 0.25) is 0 Å². The summed E-state index contributed by atoms with van der Waals surface area (Å²) in [7, 11) is 0. The second-order valence-corrected chi connectivity index (χ2v) is 6.57. The molecule has 0 atom stereocenters. The quantitative estimate of drug-likeness (QED) is 0.641. The Kier molecular flexibility index (Phi) is 3.19. The van der Waals surface area contributed by atoms with Crippen LogP contribution in [-0.2, 0) is 6.42 Å². The summed E-state index contributed by atoms with van der Waals surface area (Å²) in [4.78, 5) is 15.4. The number of hydrogen-bond acceptors (Lipinski definition) is 2. The zero-order valence-corrected chi connectivity index (χ0v) is 12.7. The number of amides is 1. The Balaban J connectivity index is 1.74. The van der Waals surface area contributed by atoms with Crippen LogP contribution in [0.15, 0.2) is 48.5 Å². The van der Waals surface area contributed by atoms with Crippen molar-refractivity contribution >= 4 is 33.0 Å². The van der Waals surface area contributed by atoms with Crippen LogP contribution in [0.1, 0.15) is 21.7 Å². The number of aryl methyl sites for hydroxylation is 1. The number of carbonyl (C=O) groups excluding carboxylic acids is 1. The lowest BCUT2D eigenvalue weighted by molar-refractivity contribution is 0.0989. The van der Waals surface area contributed by atoms with Crippen molar-refractivity contribution in [3.63, 3.8) is 0 Å². The highest BCUT2D eigenvalue weighted by molar-refractivity contribution is 7.20. The summed E-state index contributed by atoms with van der Waals surface area (Å²) in [6, 6.07) is 14.6. The van der Waals surface area contributed by atoms with E-state index in [2.05, 4.69) is 0 Å². The van der Waals surface area contributed by atoms with Crippen molar-refractivity contribution in [1.29, 1.82) is 0 Å². The molecule has 1 amide bonds. The molecule has 0 radical (unpaired) electrons. The van der Waals surface area contributed by atoms with Gasteiger partial charge in [-0.1, -0.05) is 18.2 Å². The van der Waals surface area contributed by atoms with E-state index < -0.39 is 0 Å². The van der Waals surface area contributed by atoms with Crippen LogP contribution >= 0.6 is 11.3 Å². The van der Waals surface area contributed by atoms with E-state index in [1.54, 1.807) is 17.0 Å². The Morgan fingerprint density at radius 3 is 2.86 bits per heavy atom. The van der Waals surface area contributed by atoms with E-state index in [1.165, 1.54) is 17.4 Å². The SMILES string of the molecule is O=C(c1cc2ccccc2s1)N1CCCc2cc(F)ccc21. The normalized spacial score (nSPS) is 14.1. The van der Waals surface area contributed by atoms with Gasteiger partial charge in [0.1, 0.15) is 5.82 Å². The molecular formula is C18H14FNOS. The fraction of sp³-hybridized carbons (Fsp3) is 0.167. The molecule has 1 aromatic heterocycles. The number of halogens is 1. The van der Waals surface area contributed by atoms with Crippen LogP contribution < -0.4 is 4.90 Å². The number of rotatable bonds is 1. The minimum Gasteiger partial charge on any atom is -0.307 e. The first kappa shape index (κ1) is 13.5. The standard InChI is InChI=1S/C18H14FNOS/c19-14-7-8-15-12(10-14)5-3-9-20(15)18(21)17-11-13-4-1-2-6-16(13)22-17/h1-2,4,6-8,10-11H,3,5,9H2. The van der Waals surface area contributed by atoms with Gasteiger partial charge in [-0.2, -0.15) is 0 Å². The molecule has 3 aromatic rings. The van der Waals surface area contributed by atoms with Crippen LogP contribution in [0.3, 0.4) is 0 Å². The van der Waals surface area contributed by atoms with Crippen molar-refractivity contribution in [3.05, 3.63) is 64.8 Å². The summed E-state index contributed by atoms with van der Waals surface area (Å²) >= 11 is 1.51. The molecule has 4 rings (SSSR count). The van der Waals surface area contributed by atoms with E-state index >= 15 is 0 Å². The predicted molar refractivity (Wildman–Crippen MR) is 88.2 cm³/mol. The zero-order valence-electron chi connectivity index (χ0n) is 11.9. The average molecular weight is 311 g/mol. The maximum atomic E-state index is 13.4. The maximum absolute atomic E-state index is 13.4. The zero-order chi connectivity index (χ0) is 15.1. The topological polar surface area (TPSA) is 20.3 Å². The van der Waals surface area contributed by atoms with Crippen LogP contribution in [0, 0.1) is 5.82 Å². The predicted octanol–water partition coefficient (Wildman–Crippen LogP) is 4.63. The average Bonchev–Trinajstić information content (AvgIpc) is 2.97. The van der Waals surface area contributed by atoms with Crippen molar-refractivity contribution in [2.24, 2.45) is 0 Å². The molecule has 2 heterocycles. The third-order valence-electron chi connectivity index (χ3n) is 4.04. The van der Waals surface area contributed by atoms with Crippen molar-refractivity contribution in [3.8, 4) is 0 Å². The van der Waals surface area contributed by atoms with Crippen LogP contribution in [0.5, 0.6) is 0 Å². The molecule has 0 unspecified atom stereocenters.